The monoisotopic (exact) mass is 627 g/mol. The van der Waals surface area contributed by atoms with Gasteiger partial charge in [0.05, 0.1) is 23.1 Å². The van der Waals surface area contributed by atoms with Gasteiger partial charge in [-0.3, -0.25) is 4.68 Å². The van der Waals surface area contributed by atoms with Crippen molar-refractivity contribution < 1.29 is 19.0 Å². The normalized spacial score (nSPS) is 16.3. The minimum Gasteiger partial charge on any atom is -0.468 e. The van der Waals surface area contributed by atoms with Crippen LogP contribution < -0.4 is 4.74 Å². The van der Waals surface area contributed by atoms with Crippen LogP contribution in [0.5, 0.6) is 5.75 Å². The minimum atomic E-state index is -0.500. The van der Waals surface area contributed by atoms with E-state index in [0.717, 1.165) is 75.9 Å². The molecule has 10 heteroatoms. The van der Waals surface area contributed by atoms with Crippen molar-refractivity contribution in [2.45, 2.75) is 45.1 Å². The van der Waals surface area contributed by atoms with Crippen LogP contribution in [0.2, 0.25) is 5.02 Å². The maximum atomic E-state index is 12.6. The van der Waals surface area contributed by atoms with Crippen molar-refractivity contribution in [2.75, 3.05) is 27.0 Å². The Labute approximate surface area is 267 Å². The highest BCUT2D eigenvalue weighted by Gasteiger charge is 2.55. The average Bonchev–Trinajstić information content (AvgIpc) is 3.48. The summed E-state index contributed by atoms with van der Waals surface area (Å²) in [5.41, 5.74) is 4.48. The highest BCUT2D eigenvalue weighted by atomic mass is 35.5. The van der Waals surface area contributed by atoms with Crippen LogP contribution in [-0.2, 0) is 23.6 Å². The molecule has 3 heterocycles. The standard InChI is InChI=1S/C35H38ClN5O4/c1-34(2,3)45-33(42)41-18-35(19-41)15-24(16-35)32-38-30(22-10-11-28-23(12-22)17-37-40(28)5)31(39(32)4)26-14-25(44-20-43-6)13-21-8-7-9-27(36)29(21)26/h7-14,17,24H,15-16,18-20H2,1-6H3. The van der Waals surface area contributed by atoms with Gasteiger partial charge < -0.3 is 23.7 Å². The van der Waals surface area contributed by atoms with Gasteiger partial charge in [0.25, 0.3) is 0 Å². The maximum Gasteiger partial charge on any atom is 0.410 e. The van der Waals surface area contributed by atoms with Gasteiger partial charge >= 0.3 is 6.09 Å². The lowest BCUT2D eigenvalue weighted by Crippen LogP contribution is -2.63. The van der Waals surface area contributed by atoms with Gasteiger partial charge in [-0.15, -0.1) is 0 Å². The Balaban J connectivity index is 1.30. The molecule has 1 amide bonds. The predicted octanol–water partition coefficient (Wildman–Crippen LogP) is 7.54. The van der Waals surface area contributed by atoms with Crippen LogP contribution in [0, 0.1) is 5.41 Å². The van der Waals surface area contributed by atoms with Crippen LogP contribution >= 0.6 is 11.6 Å². The summed E-state index contributed by atoms with van der Waals surface area (Å²) in [7, 11) is 5.65. The molecule has 1 aliphatic carbocycles. The summed E-state index contributed by atoms with van der Waals surface area (Å²) in [5.74, 6) is 1.98. The van der Waals surface area contributed by atoms with E-state index in [2.05, 4.69) is 34.9 Å². The van der Waals surface area contributed by atoms with Gasteiger partial charge in [-0.1, -0.05) is 29.8 Å². The minimum absolute atomic E-state index is 0.117. The lowest BCUT2D eigenvalue weighted by atomic mass is 9.57. The molecule has 1 aliphatic heterocycles. The Morgan fingerprint density at radius 1 is 1.07 bits per heavy atom. The van der Waals surface area contributed by atoms with Crippen molar-refractivity contribution in [1.29, 1.82) is 0 Å². The third kappa shape index (κ3) is 5.21. The Morgan fingerprint density at radius 2 is 1.84 bits per heavy atom. The second-order valence-corrected chi connectivity index (χ2v) is 14.0. The molecule has 234 valence electrons. The van der Waals surface area contributed by atoms with E-state index in [1.165, 1.54) is 0 Å². The summed E-state index contributed by atoms with van der Waals surface area (Å²) >= 11 is 6.90. The molecule has 2 fully saturated rings. The number of rotatable bonds is 6. The number of likely N-dealkylation sites (tertiary alicyclic amines) is 1. The van der Waals surface area contributed by atoms with Crippen LogP contribution in [0.3, 0.4) is 0 Å². The number of imidazole rings is 1. The fourth-order valence-corrected chi connectivity index (χ4v) is 7.38. The van der Waals surface area contributed by atoms with Gasteiger partial charge in [-0.25, -0.2) is 9.78 Å². The van der Waals surface area contributed by atoms with E-state index < -0.39 is 5.60 Å². The first-order valence-corrected chi connectivity index (χ1v) is 15.6. The van der Waals surface area contributed by atoms with Gasteiger partial charge in [0.15, 0.2) is 6.79 Å². The highest BCUT2D eigenvalue weighted by Crippen LogP contribution is 2.57. The smallest absolute Gasteiger partial charge is 0.410 e. The number of methoxy groups -OCH3 is 1. The summed E-state index contributed by atoms with van der Waals surface area (Å²) in [6, 6.07) is 16.3. The van der Waals surface area contributed by atoms with Gasteiger partial charge in [0.2, 0.25) is 0 Å². The number of carbonyl (C=O) groups excluding carboxylic acids is 1. The number of aryl methyl sites for hydroxylation is 1. The van der Waals surface area contributed by atoms with Gasteiger partial charge in [0.1, 0.15) is 17.2 Å². The number of ether oxygens (including phenoxy) is 3. The average molecular weight is 628 g/mol. The number of hydrogen-bond acceptors (Lipinski definition) is 6. The number of nitrogens with zero attached hydrogens (tertiary/aromatic N) is 5. The fraction of sp³-hybridized carbons (Fsp3) is 0.400. The van der Waals surface area contributed by atoms with E-state index in [0.29, 0.717) is 10.8 Å². The number of halogens is 1. The van der Waals surface area contributed by atoms with Crippen molar-refractivity contribution >= 4 is 39.4 Å². The molecule has 0 N–H and O–H groups in total. The molecule has 3 aromatic carbocycles. The first-order chi connectivity index (χ1) is 21.4. The zero-order valence-electron chi connectivity index (χ0n) is 26.6. The van der Waals surface area contributed by atoms with Crippen LogP contribution in [0.4, 0.5) is 4.79 Å². The van der Waals surface area contributed by atoms with Crippen LogP contribution in [0.15, 0.2) is 54.7 Å². The van der Waals surface area contributed by atoms with Gasteiger partial charge in [0, 0.05) is 72.5 Å². The lowest BCUT2D eigenvalue weighted by molar-refractivity contribution is -0.0800. The van der Waals surface area contributed by atoms with Crippen molar-refractivity contribution in [1.82, 2.24) is 24.2 Å². The Morgan fingerprint density at radius 3 is 2.58 bits per heavy atom. The summed E-state index contributed by atoms with van der Waals surface area (Å²) in [6.45, 7) is 7.28. The molecule has 0 unspecified atom stereocenters. The molecule has 0 bridgehead atoms. The van der Waals surface area contributed by atoms with Crippen molar-refractivity contribution in [3.63, 3.8) is 0 Å². The molecular formula is C35H38ClN5O4. The first-order valence-electron chi connectivity index (χ1n) is 15.3. The van der Waals surface area contributed by atoms with Crippen molar-refractivity contribution in [3.8, 4) is 28.3 Å². The maximum absolute atomic E-state index is 12.6. The molecule has 5 aromatic rings. The van der Waals surface area contributed by atoms with Crippen LogP contribution in [0.1, 0.15) is 45.4 Å². The largest absolute Gasteiger partial charge is 0.468 e. The van der Waals surface area contributed by atoms with Crippen LogP contribution in [-0.4, -0.2) is 62.9 Å². The number of benzene rings is 3. The van der Waals surface area contributed by atoms with Gasteiger partial charge in [-0.2, -0.15) is 5.10 Å². The van der Waals surface area contributed by atoms with E-state index in [1.807, 2.05) is 73.9 Å². The summed E-state index contributed by atoms with van der Waals surface area (Å²) in [6.07, 6.45) is 3.59. The second-order valence-electron chi connectivity index (χ2n) is 13.6. The lowest BCUT2D eigenvalue weighted by Gasteiger charge is -2.58. The fourth-order valence-electron chi connectivity index (χ4n) is 7.10. The van der Waals surface area contributed by atoms with Gasteiger partial charge in [-0.05, 0) is 69.3 Å². The third-order valence-electron chi connectivity index (χ3n) is 9.08. The number of carbonyl (C=O) groups is 1. The molecule has 7 rings (SSSR count). The van der Waals surface area contributed by atoms with E-state index in [-0.39, 0.29) is 24.2 Å². The Hall–Kier alpha value is -4.08. The van der Waals surface area contributed by atoms with Crippen LogP contribution in [0.25, 0.3) is 44.2 Å². The van der Waals surface area contributed by atoms with Crippen molar-refractivity contribution in [3.05, 3.63) is 65.6 Å². The zero-order chi connectivity index (χ0) is 31.7. The number of hydrogen-bond donors (Lipinski definition) is 0. The topological polar surface area (TPSA) is 83.6 Å². The van der Waals surface area contributed by atoms with Crippen molar-refractivity contribution in [2.24, 2.45) is 19.5 Å². The van der Waals surface area contributed by atoms with E-state index in [4.69, 9.17) is 30.8 Å². The first kappa shape index (κ1) is 29.6. The Bertz CT molecular complexity index is 1940. The number of fused-ring (bicyclic) bond motifs is 2. The predicted molar refractivity (Wildman–Crippen MR) is 176 cm³/mol. The summed E-state index contributed by atoms with van der Waals surface area (Å²) < 4.78 is 20.9. The molecular weight excluding hydrogens is 590 g/mol. The molecule has 0 radical (unpaired) electrons. The molecule has 1 saturated heterocycles. The third-order valence-corrected chi connectivity index (χ3v) is 9.39. The zero-order valence-corrected chi connectivity index (χ0v) is 27.3. The molecule has 1 spiro atoms. The quantitative estimate of drug-likeness (QED) is 0.181. The molecule has 1 saturated carbocycles. The molecule has 0 atom stereocenters. The molecule has 2 aliphatic rings. The molecule has 2 aromatic heterocycles. The molecule has 45 heavy (non-hydrogen) atoms. The number of aromatic nitrogens is 4. The van der Waals surface area contributed by atoms with E-state index >= 15 is 0 Å². The Kier molecular flexibility index (Phi) is 7.09. The summed E-state index contributed by atoms with van der Waals surface area (Å²) in [4.78, 5) is 19.8. The van der Waals surface area contributed by atoms with E-state index in [9.17, 15) is 4.79 Å². The summed E-state index contributed by atoms with van der Waals surface area (Å²) in [5, 5.41) is 8.08. The van der Waals surface area contributed by atoms with E-state index in [1.54, 1.807) is 7.11 Å². The molecule has 9 nitrogen and oxygen atoms in total. The SMILES string of the molecule is COCOc1cc(-c2c(-c3ccc4c(cnn4C)c3)nc(C3CC4(C3)CN(C(=O)OC(C)(C)C)C4)n2C)c2c(Cl)cccc2c1. The number of amides is 1. The second kappa shape index (κ2) is 10.8. The highest BCUT2D eigenvalue weighted by molar-refractivity contribution is 6.36.